The Balaban J connectivity index is 1.51. The molecule has 2 N–H and O–H groups in total. The quantitative estimate of drug-likeness (QED) is 0.476. The maximum atomic E-state index is 12.3. The van der Waals surface area contributed by atoms with E-state index >= 15 is 0 Å². The van der Waals surface area contributed by atoms with Gasteiger partial charge in [-0.3, -0.25) is 4.79 Å². The van der Waals surface area contributed by atoms with Gasteiger partial charge < -0.3 is 24.8 Å². The van der Waals surface area contributed by atoms with Gasteiger partial charge in [0, 0.05) is 55.5 Å². The Hall–Kier alpha value is -3.43. The molecule has 0 radical (unpaired) electrons. The molecule has 0 aliphatic heterocycles. The van der Waals surface area contributed by atoms with Crippen LogP contribution in [-0.4, -0.2) is 60.8 Å². The summed E-state index contributed by atoms with van der Waals surface area (Å²) in [6, 6.07) is 13.5. The van der Waals surface area contributed by atoms with Crippen molar-refractivity contribution in [3.63, 3.8) is 0 Å². The average Bonchev–Trinajstić information content (AvgIpc) is 3.28. The highest BCUT2D eigenvalue weighted by molar-refractivity contribution is 6.30. The van der Waals surface area contributed by atoms with Crippen LogP contribution in [0.25, 0.3) is 11.5 Å². The smallest absolute Gasteiger partial charge is 0.321 e. The first-order chi connectivity index (χ1) is 15.5. The molecule has 0 aliphatic rings. The van der Waals surface area contributed by atoms with Gasteiger partial charge in [-0.25, -0.2) is 4.79 Å². The Bertz CT molecular complexity index is 1040. The molecule has 1 heterocycles. The van der Waals surface area contributed by atoms with E-state index in [1.165, 1.54) is 4.90 Å². The van der Waals surface area contributed by atoms with Crippen LogP contribution in [0.1, 0.15) is 16.2 Å². The van der Waals surface area contributed by atoms with E-state index in [0.717, 1.165) is 0 Å². The number of nitrogens with one attached hydrogen (secondary N) is 2. The number of halogens is 1. The molecule has 3 rings (SSSR count). The summed E-state index contributed by atoms with van der Waals surface area (Å²) in [6.45, 7) is 1.29. The number of anilines is 1. The molecule has 0 unspecified atom stereocenters. The SMILES string of the molecule is COCCNC(=O)c1ccc(-c2nc(CCN(C)C(=O)Nc3ccc(Cl)cc3)no2)cc1. The molecule has 0 fully saturated rings. The molecular weight excluding hydrogens is 434 g/mol. The Labute approximate surface area is 190 Å². The first kappa shape index (κ1) is 23.2. The molecular formula is C22H24ClN5O4. The van der Waals surface area contributed by atoms with Crippen LogP contribution in [0.15, 0.2) is 53.1 Å². The van der Waals surface area contributed by atoms with Gasteiger partial charge in [0.15, 0.2) is 5.82 Å². The number of rotatable bonds is 9. The van der Waals surface area contributed by atoms with E-state index in [0.29, 0.717) is 59.7 Å². The summed E-state index contributed by atoms with van der Waals surface area (Å²) in [5.41, 5.74) is 1.88. The number of hydrogen-bond donors (Lipinski definition) is 2. The van der Waals surface area contributed by atoms with Gasteiger partial charge in [0.05, 0.1) is 6.61 Å². The van der Waals surface area contributed by atoms with Crippen LogP contribution in [0, 0.1) is 0 Å². The molecule has 0 bridgehead atoms. The summed E-state index contributed by atoms with van der Waals surface area (Å²) < 4.78 is 10.2. The second-order valence-corrected chi connectivity index (χ2v) is 7.39. The van der Waals surface area contributed by atoms with Crippen molar-refractivity contribution in [2.45, 2.75) is 6.42 Å². The average molecular weight is 458 g/mol. The second kappa shape index (κ2) is 11.3. The lowest BCUT2D eigenvalue weighted by Crippen LogP contribution is -2.33. The summed E-state index contributed by atoms with van der Waals surface area (Å²) in [5, 5.41) is 10.1. The minimum atomic E-state index is -0.254. The number of likely N-dealkylation sites (N-methyl/N-ethyl adjacent to an activating group) is 1. The minimum Gasteiger partial charge on any atom is -0.383 e. The molecule has 0 saturated heterocycles. The number of hydrogen-bond acceptors (Lipinski definition) is 6. The van der Waals surface area contributed by atoms with Crippen LogP contribution in [-0.2, 0) is 11.2 Å². The largest absolute Gasteiger partial charge is 0.383 e. The molecule has 1 aromatic heterocycles. The van der Waals surface area contributed by atoms with Crippen LogP contribution in [0.4, 0.5) is 10.5 Å². The van der Waals surface area contributed by atoms with E-state index in [4.69, 9.17) is 20.9 Å². The third kappa shape index (κ3) is 6.53. The number of carbonyl (C=O) groups is 2. The molecule has 168 valence electrons. The Morgan fingerprint density at radius 3 is 2.53 bits per heavy atom. The van der Waals surface area contributed by atoms with Gasteiger partial charge in [-0.05, 0) is 48.5 Å². The minimum absolute atomic E-state index is 0.181. The predicted octanol–water partition coefficient (Wildman–Crippen LogP) is 3.47. The van der Waals surface area contributed by atoms with Crippen LogP contribution in [0.3, 0.4) is 0 Å². The monoisotopic (exact) mass is 457 g/mol. The van der Waals surface area contributed by atoms with Gasteiger partial charge in [0.25, 0.3) is 11.8 Å². The number of methoxy groups -OCH3 is 1. The normalized spacial score (nSPS) is 10.6. The van der Waals surface area contributed by atoms with Crippen LogP contribution in [0.5, 0.6) is 0 Å². The zero-order valence-electron chi connectivity index (χ0n) is 17.8. The third-order valence-electron chi connectivity index (χ3n) is 4.57. The summed E-state index contributed by atoms with van der Waals surface area (Å²) in [4.78, 5) is 30.2. The van der Waals surface area contributed by atoms with Crippen molar-refractivity contribution in [1.82, 2.24) is 20.4 Å². The molecule has 3 amide bonds. The highest BCUT2D eigenvalue weighted by Gasteiger charge is 2.13. The van der Waals surface area contributed by atoms with Crippen LogP contribution < -0.4 is 10.6 Å². The Kier molecular flexibility index (Phi) is 8.18. The molecule has 10 heteroatoms. The van der Waals surface area contributed by atoms with E-state index < -0.39 is 0 Å². The predicted molar refractivity (Wildman–Crippen MR) is 121 cm³/mol. The maximum Gasteiger partial charge on any atom is 0.321 e. The van der Waals surface area contributed by atoms with E-state index in [-0.39, 0.29) is 11.9 Å². The lowest BCUT2D eigenvalue weighted by molar-refractivity contribution is 0.0937. The molecule has 9 nitrogen and oxygen atoms in total. The van der Waals surface area contributed by atoms with E-state index in [1.807, 2.05) is 0 Å². The summed E-state index contributed by atoms with van der Waals surface area (Å²) in [5.74, 6) is 0.645. The fourth-order valence-electron chi connectivity index (χ4n) is 2.73. The van der Waals surface area contributed by atoms with Crippen molar-refractivity contribution in [3.8, 4) is 11.5 Å². The number of aromatic nitrogens is 2. The fourth-order valence-corrected chi connectivity index (χ4v) is 2.85. The topological polar surface area (TPSA) is 110 Å². The Morgan fingerprint density at radius 1 is 1.12 bits per heavy atom. The van der Waals surface area contributed by atoms with Crippen molar-refractivity contribution in [1.29, 1.82) is 0 Å². The summed E-state index contributed by atoms with van der Waals surface area (Å²) in [7, 11) is 3.26. The van der Waals surface area contributed by atoms with E-state index in [2.05, 4.69) is 20.8 Å². The molecule has 0 spiro atoms. The second-order valence-electron chi connectivity index (χ2n) is 6.95. The molecule has 2 aromatic carbocycles. The van der Waals surface area contributed by atoms with Crippen LogP contribution >= 0.6 is 11.6 Å². The van der Waals surface area contributed by atoms with Crippen molar-refractivity contribution >= 4 is 29.2 Å². The van der Waals surface area contributed by atoms with Gasteiger partial charge in [-0.1, -0.05) is 16.8 Å². The number of carbonyl (C=O) groups excluding carboxylic acids is 2. The van der Waals surface area contributed by atoms with Gasteiger partial charge in [-0.15, -0.1) is 0 Å². The van der Waals surface area contributed by atoms with Crippen molar-refractivity contribution in [2.75, 3.05) is 39.2 Å². The van der Waals surface area contributed by atoms with Gasteiger partial charge in [0.2, 0.25) is 0 Å². The van der Waals surface area contributed by atoms with Gasteiger partial charge in [0.1, 0.15) is 0 Å². The standard InChI is InChI=1S/C22H24ClN5O4/c1-28(22(30)25-18-9-7-17(23)8-10-18)13-11-19-26-21(32-27-19)16-5-3-15(4-6-16)20(29)24-12-14-31-2/h3-10H,11-14H2,1-2H3,(H,24,29)(H,25,30). The maximum absolute atomic E-state index is 12.3. The number of amides is 3. The number of urea groups is 1. The molecule has 0 atom stereocenters. The van der Waals surface area contributed by atoms with E-state index in [9.17, 15) is 9.59 Å². The van der Waals surface area contributed by atoms with E-state index in [1.54, 1.807) is 62.7 Å². The van der Waals surface area contributed by atoms with Crippen LogP contribution in [0.2, 0.25) is 5.02 Å². The highest BCUT2D eigenvalue weighted by atomic mass is 35.5. The zero-order valence-corrected chi connectivity index (χ0v) is 18.6. The highest BCUT2D eigenvalue weighted by Crippen LogP contribution is 2.18. The van der Waals surface area contributed by atoms with Crippen molar-refractivity contribution < 1.29 is 18.8 Å². The fraction of sp³-hybridized carbons (Fsp3) is 0.273. The summed E-state index contributed by atoms with van der Waals surface area (Å²) in [6.07, 6.45) is 0.425. The first-order valence-electron chi connectivity index (χ1n) is 9.94. The Morgan fingerprint density at radius 2 is 1.84 bits per heavy atom. The number of benzene rings is 2. The van der Waals surface area contributed by atoms with Crippen molar-refractivity contribution in [3.05, 3.63) is 64.9 Å². The summed E-state index contributed by atoms with van der Waals surface area (Å²) >= 11 is 5.85. The molecule has 0 saturated carbocycles. The zero-order chi connectivity index (χ0) is 22.9. The first-order valence-corrected chi connectivity index (χ1v) is 10.3. The number of ether oxygens (including phenoxy) is 1. The third-order valence-corrected chi connectivity index (χ3v) is 4.82. The lowest BCUT2D eigenvalue weighted by atomic mass is 10.1. The molecule has 3 aromatic rings. The van der Waals surface area contributed by atoms with Crippen molar-refractivity contribution in [2.24, 2.45) is 0 Å². The van der Waals surface area contributed by atoms with Gasteiger partial charge in [-0.2, -0.15) is 4.98 Å². The molecule has 32 heavy (non-hydrogen) atoms. The molecule has 0 aliphatic carbocycles. The van der Waals surface area contributed by atoms with Gasteiger partial charge >= 0.3 is 6.03 Å². The lowest BCUT2D eigenvalue weighted by Gasteiger charge is -2.17. The number of nitrogens with zero attached hydrogens (tertiary/aromatic N) is 3.